The number of para-hydroxylation sites is 1. The van der Waals surface area contributed by atoms with Crippen LogP contribution in [0, 0.1) is 0 Å². The van der Waals surface area contributed by atoms with Crippen LogP contribution in [-0.4, -0.2) is 38.1 Å². The molecular weight excluding hydrogens is 417 g/mol. The van der Waals surface area contributed by atoms with Crippen molar-refractivity contribution in [2.24, 2.45) is 0 Å². The number of nitrogens with one attached hydrogen (secondary N) is 1. The Hall–Kier alpha value is -2.17. The molecule has 7 nitrogen and oxygen atoms in total. The van der Waals surface area contributed by atoms with Gasteiger partial charge in [0.25, 0.3) is 0 Å². The molecule has 2 heterocycles. The molecule has 2 aromatic carbocycles. The monoisotopic (exact) mass is 443 g/mol. The van der Waals surface area contributed by atoms with Crippen molar-refractivity contribution in [2.45, 2.75) is 43.5 Å². The zero-order valence-electron chi connectivity index (χ0n) is 17.1. The van der Waals surface area contributed by atoms with Gasteiger partial charge in [0, 0.05) is 12.0 Å². The fourth-order valence-corrected chi connectivity index (χ4v) is 5.50. The lowest BCUT2D eigenvalue weighted by molar-refractivity contribution is 0.0145. The second-order valence-electron chi connectivity index (χ2n) is 7.91. The Balaban J connectivity index is 1.51. The van der Waals surface area contributed by atoms with Crippen LogP contribution in [0.2, 0.25) is 0 Å². The van der Waals surface area contributed by atoms with Gasteiger partial charge in [-0.05, 0) is 48.4 Å². The molecule has 0 radical (unpaired) electrons. The second kappa shape index (κ2) is 9.54. The number of ether oxygens (including phenoxy) is 1. The number of hydrogen-bond acceptors (Lipinski definition) is 6. The Bertz CT molecular complexity index is 1120. The molecule has 2 atom stereocenters. The van der Waals surface area contributed by atoms with Gasteiger partial charge in [0.1, 0.15) is 5.58 Å². The van der Waals surface area contributed by atoms with Crippen LogP contribution < -0.4 is 4.72 Å². The summed E-state index contributed by atoms with van der Waals surface area (Å²) in [5.41, 5.74) is 2.89. The predicted molar refractivity (Wildman–Crippen MR) is 119 cm³/mol. The number of sulfonamides is 1. The lowest BCUT2D eigenvalue weighted by Crippen LogP contribution is -2.48. The third kappa shape index (κ3) is 5.37. The maximum Gasteiger partial charge on any atom is 0.471 e. The second-order valence-corrected chi connectivity index (χ2v) is 9.67. The lowest BCUT2D eigenvalue weighted by Gasteiger charge is -2.25. The molecule has 4 rings (SSSR count). The summed E-state index contributed by atoms with van der Waals surface area (Å²) in [4.78, 5) is 0. The largest absolute Gasteiger partial charge is 0.471 e. The van der Waals surface area contributed by atoms with Crippen molar-refractivity contribution in [1.29, 1.82) is 0 Å². The van der Waals surface area contributed by atoms with Crippen LogP contribution >= 0.6 is 0 Å². The van der Waals surface area contributed by atoms with Crippen molar-refractivity contribution < 1.29 is 27.6 Å². The Morgan fingerprint density at radius 2 is 1.84 bits per heavy atom. The molecule has 0 spiro atoms. The maximum atomic E-state index is 12.9. The van der Waals surface area contributed by atoms with Gasteiger partial charge in [-0.2, -0.15) is 0 Å². The SMILES string of the molecule is O=S(=O)(Cc1ccccc1C1CCCCO1)NC(Cc1coc2ccccc12)B(O)O. The first-order valence-electron chi connectivity index (χ1n) is 10.4. The minimum atomic E-state index is -3.85. The van der Waals surface area contributed by atoms with Crippen LogP contribution in [0.4, 0.5) is 0 Å². The van der Waals surface area contributed by atoms with Crippen LogP contribution in [0.25, 0.3) is 11.0 Å². The molecule has 1 saturated heterocycles. The minimum absolute atomic E-state index is 0.0846. The van der Waals surface area contributed by atoms with Crippen LogP contribution in [0.15, 0.2) is 59.2 Å². The first-order chi connectivity index (χ1) is 14.9. The maximum absolute atomic E-state index is 12.9. The Labute approximate surface area is 182 Å². The summed E-state index contributed by atoms with van der Waals surface area (Å²) >= 11 is 0. The topological polar surface area (TPSA) is 109 Å². The van der Waals surface area contributed by atoms with Crippen molar-refractivity contribution in [3.8, 4) is 0 Å². The van der Waals surface area contributed by atoms with E-state index in [0.717, 1.165) is 30.2 Å². The first-order valence-corrected chi connectivity index (χ1v) is 12.1. The van der Waals surface area contributed by atoms with Crippen molar-refractivity contribution >= 4 is 28.1 Å². The highest BCUT2D eigenvalue weighted by Crippen LogP contribution is 2.31. The van der Waals surface area contributed by atoms with Gasteiger partial charge in [0.05, 0.1) is 24.1 Å². The molecular formula is C22H26BNO6S. The fraction of sp³-hybridized carbons (Fsp3) is 0.364. The standard InChI is InChI=1S/C22H26BNO6S/c25-23(26)22(13-17-14-30-21-10-4-3-9-19(17)21)24-31(27,28)15-16-7-1-2-8-18(16)20-11-5-6-12-29-20/h1-4,7-10,14,20,22,24-26H,5-6,11-13,15H2. The zero-order valence-corrected chi connectivity index (χ0v) is 17.9. The number of furan rings is 1. The summed E-state index contributed by atoms with van der Waals surface area (Å²) in [7, 11) is -5.71. The summed E-state index contributed by atoms with van der Waals surface area (Å²) in [6.07, 6.45) is 4.40. The van der Waals surface area contributed by atoms with Gasteiger partial charge in [-0.1, -0.05) is 42.5 Å². The lowest BCUT2D eigenvalue weighted by atomic mass is 9.77. The molecule has 9 heteroatoms. The van der Waals surface area contributed by atoms with E-state index in [1.54, 1.807) is 18.2 Å². The first kappa shape index (κ1) is 22.0. The molecule has 3 N–H and O–H groups in total. The van der Waals surface area contributed by atoms with Crippen molar-refractivity contribution in [3.05, 3.63) is 71.5 Å². The molecule has 1 aromatic heterocycles. The highest BCUT2D eigenvalue weighted by molar-refractivity contribution is 7.88. The molecule has 1 aliphatic heterocycles. The molecule has 3 aromatic rings. The number of rotatable bonds is 8. The number of benzene rings is 2. The summed E-state index contributed by atoms with van der Waals surface area (Å²) in [6.45, 7) is 0.668. The van der Waals surface area contributed by atoms with E-state index in [1.165, 1.54) is 6.26 Å². The van der Waals surface area contributed by atoms with Gasteiger partial charge in [-0.3, -0.25) is 0 Å². The number of hydrogen-bond donors (Lipinski definition) is 3. The average molecular weight is 443 g/mol. The van der Waals surface area contributed by atoms with Gasteiger partial charge in [0.2, 0.25) is 10.0 Å². The van der Waals surface area contributed by atoms with Gasteiger partial charge in [0.15, 0.2) is 0 Å². The Morgan fingerprint density at radius 3 is 2.61 bits per heavy atom. The van der Waals surface area contributed by atoms with Crippen LogP contribution in [0.5, 0.6) is 0 Å². The van der Waals surface area contributed by atoms with Gasteiger partial charge >= 0.3 is 7.12 Å². The summed E-state index contributed by atoms with van der Waals surface area (Å²) in [5, 5.41) is 20.5. The number of fused-ring (bicyclic) bond motifs is 1. The van der Waals surface area contributed by atoms with Crippen LogP contribution in [-0.2, 0) is 26.9 Å². The smallest absolute Gasteiger partial charge is 0.464 e. The summed E-state index contributed by atoms with van der Waals surface area (Å²) in [5.74, 6) is -1.37. The minimum Gasteiger partial charge on any atom is -0.464 e. The van der Waals surface area contributed by atoms with E-state index in [0.29, 0.717) is 23.3 Å². The molecule has 0 amide bonds. The third-order valence-corrected chi connectivity index (χ3v) is 6.97. The summed E-state index contributed by atoms with van der Waals surface area (Å²) < 4.78 is 39.7. The van der Waals surface area contributed by atoms with Gasteiger partial charge in [-0.15, -0.1) is 0 Å². The third-order valence-electron chi connectivity index (χ3n) is 5.62. The molecule has 1 aliphatic rings. The van der Waals surface area contributed by atoms with Crippen LogP contribution in [0.3, 0.4) is 0 Å². The molecule has 0 aliphatic carbocycles. The zero-order chi connectivity index (χ0) is 21.8. The van der Waals surface area contributed by atoms with Gasteiger partial charge < -0.3 is 19.2 Å². The van der Waals surface area contributed by atoms with E-state index in [1.807, 2.05) is 30.3 Å². The molecule has 164 valence electrons. The molecule has 0 saturated carbocycles. The summed E-state index contributed by atoms with van der Waals surface area (Å²) in [6, 6.07) is 14.7. The molecule has 31 heavy (non-hydrogen) atoms. The molecule has 0 bridgehead atoms. The van der Waals surface area contributed by atoms with E-state index >= 15 is 0 Å². The van der Waals surface area contributed by atoms with Crippen LogP contribution in [0.1, 0.15) is 42.1 Å². The van der Waals surface area contributed by atoms with E-state index in [9.17, 15) is 18.5 Å². The van der Waals surface area contributed by atoms with Crippen molar-refractivity contribution in [1.82, 2.24) is 4.72 Å². The highest BCUT2D eigenvalue weighted by Gasteiger charge is 2.30. The highest BCUT2D eigenvalue weighted by atomic mass is 32.2. The molecule has 2 unspecified atom stereocenters. The quantitative estimate of drug-likeness (QED) is 0.462. The van der Waals surface area contributed by atoms with E-state index in [2.05, 4.69) is 4.72 Å². The fourth-order valence-electron chi connectivity index (χ4n) is 4.08. The van der Waals surface area contributed by atoms with Crippen molar-refractivity contribution in [2.75, 3.05) is 6.61 Å². The van der Waals surface area contributed by atoms with E-state index < -0.39 is 23.1 Å². The molecule has 1 fully saturated rings. The normalized spacial score (nSPS) is 18.2. The van der Waals surface area contributed by atoms with Gasteiger partial charge in [-0.25, -0.2) is 13.1 Å². The van der Waals surface area contributed by atoms with Crippen molar-refractivity contribution in [3.63, 3.8) is 0 Å². The predicted octanol–water partition coefficient (Wildman–Crippen LogP) is 2.72. The average Bonchev–Trinajstić information content (AvgIpc) is 3.17. The van der Waals surface area contributed by atoms with E-state index in [-0.39, 0.29) is 18.3 Å². The van der Waals surface area contributed by atoms with E-state index in [4.69, 9.17) is 9.15 Å². The Morgan fingerprint density at radius 1 is 1.06 bits per heavy atom. The Kier molecular flexibility index (Phi) is 6.78.